The van der Waals surface area contributed by atoms with Crippen molar-refractivity contribution in [1.82, 2.24) is 10.2 Å². The van der Waals surface area contributed by atoms with Crippen LogP contribution >= 0.6 is 15.9 Å². The third-order valence-electron chi connectivity index (χ3n) is 3.77. The summed E-state index contributed by atoms with van der Waals surface area (Å²) in [4.78, 5) is 14.7. The molecule has 0 saturated carbocycles. The molecular formula is C15H21BrN2O3. The number of ether oxygens (including phenoxy) is 2. The maximum Gasteiger partial charge on any atom is 0.252 e. The summed E-state index contributed by atoms with van der Waals surface area (Å²) in [5, 5.41) is 3.09. The second-order valence-electron chi connectivity index (χ2n) is 5.24. The van der Waals surface area contributed by atoms with Gasteiger partial charge in [0.2, 0.25) is 0 Å². The number of hydrogen-bond donors (Lipinski definition) is 1. The first kappa shape index (κ1) is 16.1. The molecule has 1 aromatic carbocycles. The van der Waals surface area contributed by atoms with Crippen molar-refractivity contribution in [1.29, 1.82) is 0 Å². The molecule has 1 N–H and O–H groups in total. The molecule has 21 heavy (non-hydrogen) atoms. The first-order valence-electron chi connectivity index (χ1n) is 6.96. The largest absolute Gasteiger partial charge is 0.493 e. The van der Waals surface area contributed by atoms with Crippen molar-refractivity contribution in [2.45, 2.75) is 18.9 Å². The average Bonchev–Trinajstić information content (AvgIpc) is 2.49. The molecule has 0 radical (unpaired) electrons. The van der Waals surface area contributed by atoms with Crippen molar-refractivity contribution in [3.63, 3.8) is 0 Å². The lowest BCUT2D eigenvalue weighted by Crippen LogP contribution is -2.43. The number of amides is 1. The number of likely N-dealkylation sites (tertiary alicyclic amines) is 1. The topological polar surface area (TPSA) is 50.8 Å². The maximum absolute atomic E-state index is 12.4. The standard InChI is InChI=1S/C15H21BrN2O3/c1-18-6-4-10(5-7-18)17-15(19)11-8-13(20-2)14(21-3)9-12(11)16/h8-10H,4-7H2,1-3H3,(H,17,19). The molecule has 0 aliphatic carbocycles. The quantitative estimate of drug-likeness (QED) is 0.899. The van der Waals surface area contributed by atoms with Crippen LogP contribution in [0.5, 0.6) is 11.5 Å². The molecule has 5 nitrogen and oxygen atoms in total. The van der Waals surface area contributed by atoms with E-state index in [-0.39, 0.29) is 11.9 Å². The predicted molar refractivity (Wildman–Crippen MR) is 85.2 cm³/mol. The minimum atomic E-state index is -0.0858. The molecule has 1 saturated heterocycles. The fourth-order valence-electron chi connectivity index (χ4n) is 2.44. The molecule has 1 aliphatic heterocycles. The van der Waals surface area contributed by atoms with Crippen molar-refractivity contribution < 1.29 is 14.3 Å². The average molecular weight is 357 g/mol. The summed E-state index contributed by atoms with van der Waals surface area (Å²) in [7, 11) is 5.23. The SMILES string of the molecule is COc1cc(Br)c(C(=O)NC2CCN(C)CC2)cc1OC. The predicted octanol–water partition coefficient (Wildman–Crippen LogP) is 2.29. The van der Waals surface area contributed by atoms with Crippen LogP contribution < -0.4 is 14.8 Å². The molecule has 1 aliphatic rings. The van der Waals surface area contributed by atoms with Crippen molar-refractivity contribution in [3.8, 4) is 11.5 Å². The second kappa shape index (κ2) is 7.13. The van der Waals surface area contributed by atoms with Crippen molar-refractivity contribution >= 4 is 21.8 Å². The number of nitrogens with one attached hydrogen (secondary N) is 1. The zero-order valence-electron chi connectivity index (χ0n) is 12.6. The number of hydrogen-bond acceptors (Lipinski definition) is 4. The van der Waals surface area contributed by atoms with Crippen LogP contribution in [0.25, 0.3) is 0 Å². The van der Waals surface area contributed by atoms with Crippen LogP contribution in [0, 0.1) is 0 Å². The van der Waals surface area contributed by atoms with Gasteiger partial charge in [0, 0.05) is 10.5 Å². The van der Waals surface area contributed by atoms with Gasteiger partial charge in [0.1, 0.15) is 0 Å². The molecule has 116 valence electrons. The Kier molecular flexibility index (Phi) is 5.47. The van der Waals surface area contributed by atoms with E-state index in [1.165, 1.54) is 0 Å². The fourth-order valence-corrected chi connectivity index (χ4v) is 2.95. The van der Waals surface area contributed by atoms with Gasteiger partial charge < -0.3 is 19.7 Å². The highest BCUT2D eigenvalue weighted by atomic mass is 79.9. The van der Waals surface area contributed by atoms with E-state index >= 15 is 0 Å². The molecule has 1 fully saturated rings. The number of nitrogens with zero attached hydrogens (tertiary/aromatic N) is 1. The van der Waals surface area contributed by atoms with E-state index in [1.807, 2.05) is 0 Å². The van der Waals surface area contributed by atoms with Gasteiger partial charge in [0.15, 0.2) is 11.5 Å². The van der Waals surface area contributed by atoms with Crippen molar-refractivity contribution in [2.75, 3.05) is 34.4 Å². The van der Waals surface area contributed by atoms with Crippen LogP contribution in [0.2, 0.25) is 0 Å². The van der Waals surface area contributed by atoms with Crippen molar-refractivity contribution in [3.05, 3.63) is 22.2 Å². The highest BCUT2D eigenvalue weighted by molar-refractivity contribution is 9.10. The number of halogens is 1. The van der Waals surface area contributed by atoms with Crippen LogP contribution in [-0.2, 0) is 0 Å². The Hall–Kier alpha value is -1.27. The molecule has 0 aromatic heterocycles. The molecule has 1 aromatic rings. The van der Waals surface area contributed by atoms with Gasteiger partial charge in [0.05, 0.1) is 19.8 Å². The Morgan fingerprint density at radius 1 is 1.24 bits per heavy atom. The van der Waals surface area contributed by atoms with E-state index in [1.54, 1.807) is 26.4 Å². The molecule has 0 spiro atoms. The monoisotopic (exact) mass is 356 g/mol. The summed E-state index contributed by atoms with van der Waals surface area (Å²) >= 11 is 3.42. The molecule has 0 bridgehead atoms. The Morgan fingerprint density at radius 3 is 2.38 bits per heavy atom. The van der Waals surface area contributed by atoms with E-state index < -0.39 is 0 Å². The number of rotatable bonds is 4. The normalized spacial score (nSPS) is 16.6. The number of benzene rings is 1. The number of methoxy groups -OCH3 is 2. The summed E-state index contributed by atoms with van der Waals surface area (Å²) in [5.41, 5.74) is 0.562. The zero-order chi connectivity index (χ0) is 15.4. The van der Waals surface area contributed by atoms with Gasteiger partial charge in [0.25, 0.3) is 5.91 Å². The Labute approximate surface area is 133 Å². The van der Waals surface area contributed by atoms with Gasteiger partial charge in [-0.25, -0.2) is 0 Å². The van der Waals surface area contributed by atoms with Gasteiger partial charge in [-0.3, -0.25) is 4.79 Å². The lowest BCUT2D eigenvalue weighted by molar-refractivity contribution is 0.0915. The molecule has 6 heteroatoms. The van der Waals surface area contributed by atoms with E-state index in [4.69, 9.17) is 9.47 Å². The zero-order valence-corrected chi connectivity index (χ0v) is 14.2. The third-order valence-corrected chi connectivity index (χ3v) is 4.43. The lowest BCUT2D eigenvalue weighted by atomic mass is 10.0. The van der Waals surface area contributed by atoms with Gasteiger partial charge in [-0.1, -0.05) is 0 Å². The molecule has 0 unspecified atom stereocenters. The minimum absolute atomic E-state index is 0.0858. The van der Waals surface area contributed by atoms with Crippen molar-refractivity contribution in [2.24, 2.45) is 0 Å². The van der Waals surface area contributed by atoms with Crippen LogP contribution in [0.3, 0.4) is 0 Å². The van der Waals surface area contributed by atoms with E-state index in [9.17, 15) is 4.79 Å². The van der Waals surface area contributed by atoms with E-state index in [0.29, 0.717) is 21.5 Å². The first-order chi connectivity index (χ1) is 10.0. The molecular weight excluding hydrogens is 336 g/mol. The highest BCUT2D eigenvalue weighted by Gasteiger charge is 2.21. The third kappa shape index (κ3) is 3.89. The summed E-state index contributed by atoms with van der Waals surface area (Å²) in [5.74, 6) is 1.06. The summed E-state index contributed by atoms with van der Waals surface area (Å²) < 4.78 is 11.2. The fraction of sp³-hybridized carbons (Fsp3) is 0.533. The lowest BCUT2D eigenvalue weighted by Gasteiger charge is -2.29. The Balaban J connectivity index is 2.11. The molecule has 0 atom stereocenters. The smallest absolute Gasteiger partial charge is 0.252 e. The molecule has 1 amide bonds. The second-order valence-corrected chi connectivity index (χ2v) is 6.09. The van der Waals surface area contributed by atoms with Crippen LogP contribution in [0.4, 0.5) is 0 Å². The van der Waals surface area contributed by atoms with Gasteiger partial charge in [-0.05, 0) is 61.0 Å². The van der Waals surface area contributed by atoms with Crippen LogP contribution in [-0.4, -0.2) is 51.2 Å². The van der Waals surface area contributed by atoms with Gasteiger partial charge >= 0.3 is 0 Å². The number of piperidine rings is 1. The van der Waals surface area contributed by atoms with E-state index in [0.717, 1.165) is 25.9 Å². The van der Waals surface area contributed by atoms with E-state index in [2.05, 4.69) is 33.2 Å². The summed E-state index contributed by atoms with van der Waals surface area (Å²) in [6.07, 6.45) is 1.96. The Bertz CT molecular complexity index is 514. The van der Waals surface area contributed by atoms with Crippen LogP contribution in [0.1, 0.15) is 23.2 Å². The van der Waals surface area contributed by atoms with Gasteiger partial charge in [-0.2, -0.15) is 0 Å². The summed E-state index contributed by atoms with van der Waals surface area (Å²) in [6, 6.07) is 3.68. The van der Waals surface area contributed by atoms with Crippen LogP contribution in [0.15, 0.2) is 16.6 Å². The molecule has 1 heterocycles. The van der Waals surface area contributed by atoms with Gasteiger partial charge in [-0.15, -0.1) is 0 Å². The molecule has 2 rings (SSSR count). The maximum atomic E-state index is 12.4. The summed E-state index contributed by atoms with van der Waals surface area (Å²) in [6.45, 7) is 2.02. The highest BCUT2D eigenvalue weighted by Crippen LogP contribution is 2.33. The Morgan fingerprint density at radius 2 is 1.81 bits per heavy atom. The number of carbonyl (C=O) groups is 1. The minimum Gasteiger partial charge on any atom is -0.493 e. The first-order valence-corrected chi connectivity index (χ1v) is 7.75. The number of carbonyl (C=O) groups excluding carboxylic acids is 1.